The van der Waals surface area contributed by atoms with Crippen molar-refractivity contribution in [1.29, 1.82) is 0 Å². The third kappa shape index (κ3) is 1.53. The molecule has 8 nitrogen and oxygen atoms in total. The summed E-state index contributed by atoms with van der Waals surface area (Å²) < 4.78 is 0. The van der Waals surface area contributed by atoms with Gasteiger partial charge in [-0.3, -0.25) is 20.2 Å². The lowest BCUT2D eigenvalue weighted by Crippen LogP contribution is -2.01. The Morgan fingerprint density at radius 2 is 1.21 bits per heavy atom. The van der Waals surface area contributed by atoms with Crippen molar-refractivity contribution in [2.45, 2.75) is 0 Å². The molecule has 8 heteroatoms. The van der Waals surface area contributed by atoms with Gasteiger partial charge >= 0.3 is 11.4 Å². The van der Waals surface area contributed by atoms with E-state index in [-0.39, 0.29) is 11.4 Å². The van der Waals surface area contributed by atoms with Gasteiger partial charge in [0.2, 0.25) is 0 Å². The van der Waals surface area contributed by atoms with Crippen molar-refractivity contribution < 1.29 is 9.85 Å². The summed E-state index contributed by atoms with van der Waals surface area (Å²) in [5.41, 5.74) is 9.11. The lowest BCUT2D eigenvalue weighted by Gasteiger charge is -1.99. The number of benzene rings is 1. The van der Waals surface area contributed by atoms with E-state index < -0.39 is 21.2 Å². The Balaban J connectivity index is 3.46. The minimum Gasteiger partial charge on any atom is -0.397 e. The van der Waals surface area contributed by atoms with E-state index in [2.05, 4.69) is 0 Å². The molecule has 4 N–H and O–H groups in total. The molecule has 0 saturated carbocycles. The van der Waals surface area contributed by atoms with Crippen molar-refractivity contribution in [2.75, 3.05) is 11.5 Å². The minimum absolute atomic E-state index is 0.0534. The Hall–Kier alpha value is -2.38. The van der Waals surface area contributed by atoms with Gasteiger partial charge in [-0.1, -0.05) is 0 Å². The lowest BCUT2D eigenvalue weighted by molar-refractivity contribution is -0.422. The summed E-state index contributed by atoms with van der Waals surface area (Å²) >= 11 is 0. The molecule has 1 aromatic carbocycles. The highest BCUT2D eigenvalue weighted by Gasteiger charge is 2.25. The van der Waals surface area contributed by atoms with Crippen molar-refractivity contribution in [2.24, 2.45) is 0 Å². The molecule has 0 bridgehead atoms. The molecule has 0 unspecified atom stereocenters. The van der Waals surface area contributed by atoms with E-state index in [1.54, 1.807) is 0 Å². The molecule has 0 radical (unpaired) electrons. The highest BCUT2D eigenvalue weighted by molar-refractivity contribution is 5.73. The molecule has 0 saturated heterocycles. The number of anilines is 2. The second-order valence-corrected chi connectivity index (χ2v) is 2.48. The number of hydrogen-bond acceptors (Lipinski definition) is 6. The van der Waals surface area contributed by atoms with Gasteiger partial charge < -0.3 is 11.5 Å². The van der Waals surface area contributed by atoms with E-state index in [1.165, 1.54) is 0 Å². The molecule has 0 amide bonds. The first-order valence-corrected chi connectivity index (χ1v) is 3.41. The highest BCUT2D eigenvalue weighted by atomic mass is 16.6. The molecule has 0 aliphatic rings. The van der Waals surface area contributed by atoms with E-state index in [4.69, 9.17) is 11.5 Å². The fourth-order valence-corrected chi connectivity index (χ4v) is 0.902. The Kier molecular flexibility index (Phi) is 2.19. The Bertz CT molecular complexity index is 378. The molecule has 0 fully saturated rings. The first-order chi connectivity index (χ1) is 6.43. The summed E-state index contributed by atoms with van der Waals surface area (Å²) in [4.78, 5) is 19.0. The van der Waals surface area contributed by atoms with Gasteiger partial charge in [-0.15, -0.1) is 0 Å². The van der Waals surface area contributed by atoms with Crippen LogP contribution in [-0.4, -0.2) is 9.85 Å². The van der Waals surface area contributed by atoms with Crippen molar-refractivity contribution in [3.8, 4) is 0 Å². The van der Waals surface area contributed by atoms with Crippen LogP contribution in [-0.2, 0) is 0 Å². The summed E-state index contributed by atoms with van der Waals surface area (Å²) in [7, 11) is 0. The van der Waals surface area contributed by atoms with Crippen LogP contribution in [0, 0.1) is 20.2 Å². The Morgan fingerprint density at radius 3 is 1.43 bits per heavy atom. The van der Waals surface area contributed by atoms with Crippen LogP contribution < -0.4 is 11.5 Å². The topological polar surface area (TPSA) is 138 Å². The zero-order chi connectivity index (χ0) is 10.9. The Labute approximate surface area is 77.4 Å². The number of rotatable bonds is 2. The summed E-state index contributed by atoms with van der Waals surface area (Å²) in [6.45, 7) is 0. The van der Waals surface area contributed by atoms with Crippen LogP contribution >= 0.6 is 0 Å². The summed E-state index contributed by atoms with van der Waals surface area (Å²) in [6, 6.07) is 1.74. The fraction of sp³-hybridized carbons (Fsp3) is 0. The number of hydrogen-bond donors (Lipinski definition) is 2. The van der Waals surface area contributed by atoms with Crippen molar-refractivity contribution >= 4 is 22.7 Å². The van der Waals surface area contributed by atoms with Crippen LogP contribution in [0.3, 0.4) is 0 Å². The fourth-order valence-electron chi connectivity index (χ4n) is 0.902. The van der Waals surface area contributed by atoms with Crippen molar-refractivity contribution in [3.05, 3.63) is 32.4 Å². The maximum atomic E-state index is 10.4. The molecule has 1 aromatic rings. The standard InChI is InChI=1S/C6H6N4O4/c7-3-1-5(9(11)12)6(10(13)14)2-4(3)8/h1-2H,7-8H2. The van der Waals surface area contributed by atoms with Crippen molar-refractivity contribution in [3.63, 3.8) is 0 Å². The Morgan fingerprint density at radius 1 is 0.929 bits per heavy atom. The zero-order valence-electron chi connectivity index (χ0n) is 6.84. The number of nitrogens with zero attached hydrogens (tertiary/aromatic N) is 2. The van der Waals surface area contributed by atoms with E-state index in [0.717, 1.165) is 12.1 Å². The van der Waals surface area contributed by atoms with Crippen LogP contribution in [0.15, 0.2) is 12.1 Å². The first-order valence-electron chi connectivity index (χ1n) is 3.41. The molecule has 0 atom stereocenters. The molecular formula is C6H6N4O4. The van der Waals surface area contributed by atoms with Crippen LogP contribution in [0.2, 0.25) is 0 Å². The third-order valence-corrected chi connectivity index (χ3v) is 1.57. The number of nitro benzene ring substituents is 2. The van der Waals surface area contributed by atoms with Gasteiger partial charge in [-0.2, -0.15) is 0 Å². The number of nitro groups is 2. The van der Waals surface area contributed by atoms with Gasteiger partial charge in [0, 0.05) is 12.1 Å². The lowest BCUT2D eigenvalue weighted by atomic mass is 10.2. The molecule has 0 aliphatic heterocycles. The first kappa shape index (κ1) is 9.71. The maximum absolute atomic E-state index is 10.4. The monoisotopic (exact) mass is 198 g/mol. The highest BCUT2D eigenvalue weighted by Crippen LogP contribution is 2.32. The normalized spacial score (nSPS) is 9.71. The summed E-state index contributed by atoms with van der Waals surface area (Å²) in [5, 5.41) is 20.8. The smallest absolute Gasteiger partial charge is 0.348 e. The van der Waals surface area contributed by atoms with Crippen LogP contribution in [0.4, 0.5) is 22.7 Å². The predicted octanol–water partition coefficient (Wildman–Crippen LogP) is 0.667. The van der Waals surface area contributed by atoms with E-state index in [1.807, 2.05) is 0 Å². The molecule has 0 aliphatic carbocycles. The molecule has 0 heterocycles. The van der Waals surface area contributed by atoms with E-state index >= 15 is 0 Å². The zero-order valence-corrected chi connectivity index (χ0v) is 6.84. The quantitative estimate of drug-likeness (QED) is 0.406. The minimum atomic E-state index is -0.881. The van der Waals surface area contributed by atoms with E-state index in [9.17, 15) is 20.2 Å². The third-order valence-electron chi connectivity index (χ3n) is 1.57. The number of nitrogen functional groups attached to an aromatic ring is 2. The largest absolute Gasteiger partial charge is 0.397 e. The second-order valence-electron chi connectivity index (χ2n) is 2.48. The van der Waals surface area contributed by atoms with Gasteiger partial charge in [-0.25, -0.2) is 0 Å². The summed E-state index contributed by atoms with van der Waals surface area (Å²) in [6.07, 6.45) is 0. The molecular weight excluding hydrogens is 192 g/mol. The average Bonchev–Trinajstić information content (AvgIpc) is 2.08. The number of nitrogens with two attached hydrogens (primary N) is 2. The average molecular weight is 198 g/mol. The summed E-state index contributed by atoms with van der Waals surface area (Å²) in [5.74, 6) is 0. The van der Waals surface area contributed by atoms with Gasteiger partial charge in [0.25, 0.3) is 0 Å². The molecule has 74 valence electrons. The van der Waals surface area contributed by atoms with Gasteiger partial charge in [-0.05, 0) is 0 Å². The van der Waals surface area contributed by atoms with Gasteiger partial charge in [0.1, 0.15) is 0 Å². The molecule has 0 spiro atoms. The predicted molar refractivity (Wildman–Crippen MR) is 48.6 cm³/mol. The molecule has 1 rings (SSSR count). The molecule has 14 heavy (non-hydrogen) atoms. The van der Waals surface area contributed by atoms with Gasteiger partial charge in [0.15, 0.2) is 0 Å². The van der Waals surface area contributed by atoms with Crippen LogP contribution in [0.25, 0.3) is 0 Å². The van der Waals surface area contributed by atoms with E-state index in [0.29, 0.717) is 0 Å². The van der Waals surface area contributed by atoms with Crippen molar-refractivity contribution in [1.82, 2.24) is 0 Å². The second kappa shape index (κ2) is 3.17. The van der Waals surface area contributed by atoms with Crippen LogP contribution in [0.1, 0.15) is 0 Å². The SMILES string of the molecule is Nc1cc([N+](=O)[O-])c([N+](=O)[O-])cc1N. The molecule has 0 aromatic heterocycles. The van der Waals surface area contributed by atoms with Crippen LogP contribution in [0.5, 0.6) is 0 Å². The maximum Gasteiger partial charge on any atom is 0.348 e. The van der Waals surface area contributed by atoms with Gasteiger partial charge in [0.05, 0.1) is 21.2 Å².